The van der Waals surface area contributed by atoms with Crippen LogP contribution in [0.5, 0.6) is 5.75 Å². The van der Waals surface area contributed by atoms with E-state index in [0.717, 1.165) is 11.3 Å². The number of amides is 1. The summed E-state index contributed by atoms with van der Waals surface area (Å²) in [6.07, 6.45) is 0. The van der Waals surface area contributed by atoms with Gasteiger partial charge in [0.15, 0.2) is 11.0 Å². The van der Waals surface area contributed by atoms with Gasteiger partial charge in [0.2, 0.25) is 5.91 Å². The molecule has 4 aromatic rings. The quantitative estimate of drug-likeness (QED) is 0.266. The lowest BCUT2D eigenvalue weighted by molar-refractivity contribution is -0.113. The molecule has 6 nitrogen and oxygen atoms in total. The standard InChI is InChI=1S/C25H22Cl2N4O2S/c1-3-33-22-11-7-5-9-20(22)28-23(32)15-34-25-30-29-24(18-13-12-17(26)14-19(18)27)31(25)21-10-6-4-8-16(21)2/h4-14H,3,15H2,1-2H3,(H,28,32). The van der Waals surface area contributed by atoms with Crippen LogP contribution >= 0.6 is 35.0 Å². The lowest BCUT2D eigenvalue weighted by Gasteiger charge is -2.14. The summed E-state index contributed by atoms with van der Waals surface area (Å²) in [5.41, 5.74) is 3.26. The maximum atomic E-state index is 12.7. The number of aryl methyl sites for hydroxylation is 1. The van der Waals surface area contributed by atoms with Crippen LogP contribution in [0.1, 0.15) is 12.5 Å². The lowest BCUT2D eigenvalue weighted by Crippen LogP contribution is -2.15. The highest BCUT2D eigenvalue weighted by Crippen LogP contribution is 2.34. The summed E-state index contributed by atoms with van der Waals surface area (Å²) < 4.78 is 7.51. The highest BCUT2D eigenvalue weighted by molar-refractivity contribution is 7.99. The fraction of sp³-hybridized carbons (Fsp3) is 0.160. The third-order valence-electron chi connectivity index (χ3n) is 4.96. The molecule has 0 fully saturated rings. The second-order valence-corrected chi connectivity index (χ2v) is 9.10. The summed E-state index contributed by atoms with van der Waals surface area (Å²) in [5.74, 6) is 1.16. The number of hydrogen-bond donors (Lipinski definition) is 1. The molecule has 0 bridgehead atoms. The van der Waals surface area contributed by atoms with E-state index in [2.05, 4.69) is 15.5 Å². The van der Waals surface area contributed by atoms with Gasteiger partial charge in [-0.1, -0.05) is 65.3 Å². The number of anilines is 1. The molecule has 0 aliphatic carbocycles. The van der Waals surface area contributed by atoms with Crippen LogP contribution in [-0.2, 0) is 4.79 Å². The molecule has 3 aromatic carbocycles. The molecule has 0 radical (unpaired) electrons. The Labute approximate surface area is 212 Å². The molecule has 0 saturated carbocycles. The second-order valence-electron chi connectivity index (χ2n) is 7.32. The van der Waals surface area contributed by atoms with E-state index in [1.807, 2.05) is 73.0 Å². The molecule has 0 aliphatic rings. The third kappa shape index (κ3) is 5.38. The van der Waals surface area contributed by atoms with E-state index in [0.29, 0.717) is 44.6 Å². The van der Waals surface area contributed by atoms with Crippen LogP contribution in [0.2, 0.25) is 10.0 Å². The Morgan fingerprint density at radius 3 is 2.59 bits per heavy atom. The predicted octanol–water partition coefficient (Wildman–Crippen LogP) is 6.68. The van der Waals surface area contributed by atoms with Gasteiger partial charge in [0.05, 0.1) is 28.8 Å². The number of benzene rings is 3. The van der Waals surface area contributed by atoms with Gasteiger partial charge in [-0.05, 0) is 55.8 Å². The van der Waals surface area contributed by atoms with Gasteiger partial charge in [0.25, 0.3) is 0 Å². The Hall–Kier alpha value is -3.00. The summed E-state index contributed by atoms with van der Waals surface area (Å²) in [5, 5.41) is 13.3. The zero-order valence-corrected chi connectivity index (χ0v) is 20.9. The molecule has 1 heterocycles. The number of ether oxygens (including phenoxy) is 1. The summed E-state index contributed by atoms with van der Waals surface area (Å²) in [4.78, 5) is 12.7. The highest BCUT2D eigenvalue weighted by atomic mass is 35.5. The van der Waals surface area contributed by atoms with Crippen molar-refractivity contribution in [3.05, 3.63) is 82.3 Å². The highest BCUT2D eigenvalue weighted by Gasteiger charge is 2.20. The number of hydrogen-bond acceptors (Lipinski definition) is 5. The number of aromatic nitrogens is 3. The molecule has 1 N–H and O–H groups in total. The first kappa shape index (κ1) is 24.1. The predicted molar refractivity (Wildman–Crippen MR) is 139 cm³/mol. The van der Waals surface area contributed by atoms with Crippen molar-refractivity contribution < 1.29 is 9.53 Å². The molecule has 0 aliphatic heterocycles. The van der Waals surface area contributed by atoms with Gasteiger partial charge in [-0.2, -0.15) is 0 Å². The van der Waals surface area contributed by atoms with E-state index < -0.39 is 0 Å². The molecule has 0 spiro atoms. The van der Waals surface area contributed by atoms with Gasteiger partial charge in [-0.3, -0.25) is 9.36 Å². The van der Waals surface area contributed by atoms with Crippen LogP contribution in [0.25, 0.3) is 17.1 Å². The first-order chi connectivity index (χ1) is 16.5. The summed E-state index contributed by atoms with van der Waals surface area (Å²) in [7, 11) is 0. The zero-order chi connectivity index (χ0) is 24.1. The van der Waals surface area contributed by atoms with Gasteiger partial charge < -0.3 is 10.1 Å². The third-order valence-corrected chi connectivity index (χ3v) is 6.43. The minimum atomic E-state index is -0.178. The number of halogens is 2. The number of nitrogens with zero attached hydrogens (tertiary/aromatic N) is 3. The van der Waals surface area contributed by atoms with Crippen LogP contribution in [0.4, 0.5) is 5.69 Å². The fourth-order valence-corrected chi connectivity index (χ4v) is 4.65. The van der Waals surface area contributed by atoms with Crippen LogP contribution in [0.3, 0.4) is 0 Å². The van der Waals surface area contributed by atoms with Crippen molar-refractivity contribution in [1.82, 2.24) is 14.8 Å². The Morgan fingerprint density at radius 2 is 1.82 bits per heavy atom. The summed E-state index contributed by atoms with van der Waals surface area (Å²) in [6, 6.07) is 20.5. The monoisotopic (exact) mass is 512 g/mol. The first-order valence-corrected chi connectivity index (χ1v) is 12.3. The van der Waals surface area contributed by atoms with E-state index in [1.54, 1.807) is 12.1 Å². The molecule has 1 amide bonds. The van der Waals surface area contributed by atoms with E-state index >= 15 is 0 Å². The largest absolute Gasteiger partial charge is 0.492 e. The smallest absolute Gasteiger partial charge is 0.234 e. The topological polar surface area (TPSA) is 69.0 Å². The molecule has 0 atom stereocenters. The van der Waals surface area contributed by atoms with Gasteiger partial charge in [0.1, 0.15) is 5.75 Å². The number of carbonyl (C=O) groups excluding carboxylic acids is 1. The Kier molecular flexibility index (Phi) is 7.77. The SMILES string of the molecule is CCOc1ccccc1NC(=O)CSc1nnc(-c2ccc(Cl)cc2Cl)n1-c1ccccc1C. The van der Waals surface area contributed by atoms with Gasteiger partial charge in [-0.15, -0.1) is 10.2 Å². The molecular formula is C25H22Cl2N4O2S. The molecule has 174 valence electrons. The van der Waals surface area contributed by atoms with E-state index in [9.17, 15) is 4.79 Å². The van der Waals surface area contributed by atoms with Crippen molar-refractivity contribution in [3.8, 4) is 22.8 Å². The number of carbonyl (C=O) groups is 1. The lowest BCUT2D eigenvalue weighted by atomic mass is 10.1. The van der Waals surface area contributed by atoms with Crippen molar-refractivity contribution in [3.63, 3.8) is 0 Å². The summed E-state index contributed by atoms with van der Waals surface area (Å²) >= 11 is 13.9. The average Bonchev–Trinajstić information content (AvgIpc) is 3.23. The number of thioether (sulfide) groups is 1. The summed E-state index contributed by atoms with van der Waals surface area (Å²) in [6.45, 7) is 4.42. The fourth-order valence-electron chi connectivity index (χ4n) is 3.41. The Balaban J connectivity index is 1.63. The number of rotatable bonds is 8. The Morgan fingerprint density at radius 1 is 1.06 bits per heavy atom. The van der Waals surface area contributed by atoms with Crippen molar-refractivity contribution in [2.45, 2.75) is 19.0 Å². The van der Waals surface area contributed by atoms with Crippen molar-refractivity contribution >= 4 is 46.6 Å². The van der Waals surface area contributed by atoms with E-state index in [1.165, 1.54) is 11.8 Å². The minimum Gasteiger partial charge on any atom is -0.492 e. The molecular weight excluding hydrogens is 491 g/mol. The minimum absolute atomic E-state index is 0.138. The van der Waals surface area contributed by atoms with E-state index in [-0.39, 0.29) is 11.7 Å². The van der Waals surface area contributed by atoms with Crippen molar-refractivity contribution in [2.75, 3.05) is 17.7 Å². The molecule has 0 unspecified atom stereocenters. The zero-order valence-electron chi connectivity index (χ0n) is 18.6. The average molecular weight is 513 g/mol. The maximum Gasteiger partial charge on any atom is 0.234 e. The first-order valence-electron chi connectivity index (χ1n) is 10.6. The van der Waals surface area contributed by atoms with Crippen LogP contribution in [0, 0.1) is 6.92 Å². The van der Waals surface area contributed by atoms with Crippen LogP contribution in [-0.4, -0.2) is 33.0 Å². The van der Waals surface area contributed by atoms with Crippen molar-refractivity contribution in [1.29, 1.82) is 0 Å². The molecule has 34 heavy (non-hydrogen) atoms. The van der Waals surface area contributed by atoms with Gasteiger partial charge in [0, 0.05) is 10.6 Å². The van der Waals surface area contributed by atoms with Crippen molar-refractivity contribution in [2.24, 2.45) is 0 Å². The Bertz CT molecular complexity index is 1330. The normalized spacial score (nSPS) is 10.8. The molecule has 9 heteroatoms. The number of nitrogens with one attached hydrogen (secondary N) is 1. The van der Waals surface area contributed by atoms with Crippen LogP contribution < -0.4 is 10.1 Å². The second kappa shape index (κ2) is 11.0. The molecule has 1 aromatic heterocycles. The van der Waals surface area contributed by atoms with Gasteiger partial charge in [-0.25, -0.2) is 0 Å². The van der Waals surface area contributed by atoms with E-state index in [4.69, 9.17) is 27.9 Å². The van der Waals surface area contributed by atoms with Crippen LogP contribution in [0.15, 0.2) is 71.9 Å². The molecule has 0 saturated heterocycles. The van der Waals surface area contributed by atoms with Gasteiger partial charge >= 0.3 is 0 Å². The number of para-hydroxylation sites is 3. The molecule has 4 rings (SSSR count). The maximum absolute atomic E-state index is 12.7.